The van der Waals surface area contributed by atoms with Crippen molar-refractivity contribution in [1.82, 2.24) is 9.80 Å². The van der Waals surface area contributed by atoms with E-state index in [0.29, 0.717) is 19.6 Å². The minimum atomic E-state index is -0.271. The minimum absolute atomic E-state index is 0.0266. The molecular weight excluding hydrogens is 438 g/mol. The summed E-state index contributed by atoms with van der Waals surface area (Å²) in [5, 5.41) is 0. The van der Waals surface area contributed by atoms with E-state index in [0.717, 1.165) is 47.3 Å². The van der Waals surface area contributed by atoms with Gasteiger partial charge >= 0.3 is 0 Å². The van der Waals surface area contributed by atoms with Crippen molar-refractivity contribution in [2.24, 2.45) is 5.92 Å². The van der Waals surface area contributed by atoms with Crippen molar-refractivity contribution in [2.45, 2.75) is 17.9 Å². The third kappa shape index (κ3) is 5.28. The first kappa shape index (κ1) is 23.4. The maximum Gasteiger partial charge on any atom is 0.228 e. The Morgan fingerprint density at radius 1 is 1.03 bits per heavy atom. The van der Waals surface area contributed by atoms with E-state index >= 15 is 0 Å². The molecule has 2 aliphatic heterocycles. The summed E-state index contributed by atoms with van der Waals surface area (Å²) in [6.07, 6.45) is 2.30. The number of methoxy groups -OCH3 is 2. The number of nitrogens with zero attached hydrogens (tertiary/aromatic N) is 3. The van der Waals surface area contributed by atoms with Crippen molar-refractivity contribution < 1.29 is 19.1 Å². The molecule has 1 atom stereocenters. The molecule has 8 heteroatoms. The number of ether oxygens (including phenoxy) is 2. The van der Waals surface area contributed by atoms with Gasteiger partial charge in [-0.05, 0) is 42.2 Å². The van der Waals surface area contributed by atoms with E-state index < -0.39 is 0 Å². The molecule has 2 fully saturated rings. The lowest BCUT2D eigenvalue weighted by atomic mass is 10.1. The van der Waals surface area contributed by atoms with Gasteiger partial charge in [-0.3, -0.25) is 14.5 Å². The predicted molar refractivity (Wildman–Crippen MR) is 130 cm³/mol. The van der Waals surface area contributed by atoms with Crippen molar-refractivity contribution in [2.75, 3.05) is 58.1 Å². The van der Waals surface area contributed by atoms with E-state index in [2.05, 4.69) is 4.90 Å². The molecule has 2 aliphatic rings. The molecule has 0 aromatic heterocycles. The molecule has 2 saturated heterocycles. The number of piperazine rings is 1. The molecule has 2 heterocycles. The van der Waals surface area contributed by atoms with Gasteiger partial charge in [-0.25, -0.2) is 0 Å². The van der Waals surface area contributed by atoms with Gasteiger partial charge in [-0.15, -0.1) is 11.8 Å². The lowest BCUT2D eigenvalue weighted by Gasteiger charge is -2.36. The number of carbonyl (C=O) groups is 2. The van der Waals surface area contributed by atoms with Crippen LogP contribution in [0.4, 0.5) is 5.69 Å². The Morgan fingerprint density at radius 3 is 2.48 bits per heavy atom. The number of amides is 2. The largest absolute Gasteiger partial charge is 0.493 e. The number of hydrogen-bond donors (Lipinski definition) is 0. The molecule has 0 saturated carbocycles. The van der Waals surface area contributed by atoms with Crippen LogP contribution in [0.2, 0.25) is 0 Å². The normalized spacial score (nSPS) is 19.1. The zero-order valence-corrected chi connectivity index (χ0v) is 20.3. The summed E-state index contributed by atoms with van der Waals surface area (Å²) in [6, 6.07) is 13.9. The monoisotopic (exact) mass is 469 g/mol. The summed E-state index contributed by atoms with van der Waals surface area (Å²) < 4.78 is 10.7. The van der Waals surface area contributed by atoms with E-state index in [1.165, 1.54) is 0 Å². The molecule has 0 N–H and O–H groups in total. The Morgan fingerprint density at radius 2 is 1.79 bits per heavy atom. The zero-order valence-electron chi connectivity index (χ0n) is 19.5. The molecule has 0 radical (unpaired) electrons. The average molecular weight is 470 g/mol. The van der Waals surface area contributed by atoms with Crippen LogP contribution in [0.25, 0.3) is 0 Å². The highest BCUT2D eigenvalue weighted by atomic mass is 32.2. The third-order valence-corrected chi connectivity index (χ3v) is 7.10. The van der Waals surface area contributed by atoms with Crippen molar-refractivity contribution in [1.29, 1.82) is 0 Å². The smallest absolute Gasteiger partial charge is 0.228 e. The maximum absolute atomic E-state index is 13.2. The summed E-state index contributed by atoms with van der Waals surface area (Å²) in [5.74, 6) is 1.29. The fraction of sp³-hybridized carbons (Fsp3) is 0.440. The number of anilines is 1. The molecule has 2 aromatic rings. The van der Waals surface area contributed by atoms with Gasteiger partial charge in [0.15, 0.2) is 11.5 Å². The van der Waals surface area contributed by atoms with Crippen LogP contribution in [-0.2, 0) is 16.1 Å². The SMILES string of the molecule is COc1ccc(CN2CCN(C(=O)[C@@H]3CC(=O)N(c4cccc(SC)c4)C3)CC2)cc1OC. The van der Waals surface area contributed by atoms with Gasteiger partial charge in [-0.2, -0.15) is 0 Å². The lowest BCUT2D eigenvalue weighted by molar-refractivity contribution is -0.137. The van der Waals surface area contributed by atoms with Gasteiger partial charge in [0.05, 0.1) is 20.1 Å². The maximum atomic E-state index is 13.2. The summed E-state index contributed by atoms with van der Waals surface area (Å²) in [5.41, 5.74) is 2.03. The minimum Gasteiger partial charge on any atom is -0.493 e. The van der Waals surface area contributed by atoms with Gasteiger partial charge in [0.25, 0.3) is 0 Å². The van der Waals surface area contributed by atoms with Gasteiger partial charge in [0.1, 0.15) is 0 Å². The van der Waals surface area contributed by atoms with Crippen molar-refractivity contribution in [3.63, 3.8) is 0 Å². The first-order valence-corrected chi connectivity index (χ1v) is 12.4. The van der Waals surface area contributed by atoms with Crippen LogP contribution >= 0.6 is 11.8 Å². The molecular formula is C25H31N3O4S. The second-order valence-electron chi connectivity index (χ2n) is 8.40. The van der Waals surface area contributed by atoms with Crippen molar-refractivity contribution >= 4 is 29.3 Å². The predicted octanol–water partition coefficient (Wildman–Crippen LogP) is 3.12. The molecule has 33 heavy (non-hydrogen) atoms. The lowest BCUT2D eigenvalue weighted by Crippen LogP contribution is -2.50. The van der Waals surface area contributed by atoms with Crippen molar-refractivity contribution in [3.8, 4) is 11.5 Å². The van der Waals surface area contributed by atoms with Crippen LogP contribution in [0.3, 0.4) is 0 Å². The Bertz CT molecular complexity index is 1010. The first-order chi connectivity index (χ1) is 16.0. The van der Waals surface area contributed by atoms with Crippen LogP contribution in [-0.4, -0.2) is 74.8 Å². The number of carbonyl (C=O) groups excluding carboxylic acids is 2. The van der Waals surface area contributed by atoms with E-state index in [4.69, 9.17) is 9.47 Å². The van der Waals surface area contributed by atoms with E-state index in [-0.39, 0.29) is 24.2 Å². The summed E-state index contributed by atoms with van der Waals surface area (Å²) >= 11 is 1.65. The molecule has 176 valence electrons. The van der Waals surface area contributed by atoms with E-state index in [1.807, 2.05) is 53.6 Å². The van der Waals surface area contributed by atoms with Crippen LogP contribution in [0.15, 0.2) is 47.4 Å². The van der Waals surface area contributed by atoms with E-state index in [1.54, 1.807) is 30.9 Å². The van der Waals surface area contributed by atoms with Gasteiger partial charge in [0, 0.05) is 56.3 Å². The molecule has 0 aliphatic carbocycles. The molecule has 4 rings (SSSR count). The summed E-state index contributed by atoms with van der Waals surface area (Å²) in [4.78, 5) is 32.9. The fourth-order valence-corrected chi connectivity index (χ4v) is 4.98. The number of rotatable bonds is 7. The fourth-order valence-electron chi connectivity index (χ4n) is 4.52. The summed E-state index contributed by atoms with van der Waals surface area (Å²) in [7, 11) is 3.27. The second kappa shape index (κ2) is 10.5. The van der Waals surface area contributed by atoms with Crippen LogP contribution in [0.5, 0.6) is 11.5 Å². The van der Waals surface area contributed by atoms with Crippen LogP contribution in [0, 0.1) is 5.92 Å². The van der Waals surface area contributed by atoms with Crippen LogP contribution in [0.1, 0.15) is 12.0 Å². The average Bonchev–Trinajstić information content (AvgIpc) is 3.25. The zero-order chi connectivity index (χ0) is 23.4. The quantitative estimate of drug-likeness (QED) is 0.581. The van der Waals surface area contributed by atoms with E-state index in [9.17, 15) is 9.59 Å². The Balaban J connectivity index is 1.32. The second-order valence-corrected chi connectivity index (χ2v) is 9.28. The van der Waals surface area contributed by atoms with Gasteiger partial charge in [-0.1, -0.05) is 12.1 Å². The Hall–Kier alpha value is -2.71. The highest BCUT2D eigenvalue weighted by Gasteiger charge is 2.38. The van der Waals surface area contributed by atoms with Crippen LogP contribution < -0.4 is 14.4 Å². The Labute approximate surface area is 199 Å². The first-order valence-electron chi connectivity index (χ1n) is 11.2. The van der Waals surface area contributed by atoms with Gasteiger partial charge in [0.2, 0.25) is 11.8 Å². The number of benzene rings is 2. The number of thioether (sulfide) groups is 1. The van der Waals surface area contributed by atoms with Gasteiger partial charge < -0.3 is 19.3 Å². The standard InChI is InChI=1S/C25H31N3O4S/c1-31-22-8-7-18(13-23(22)32-2)16-26-9-11-27(12-10-26)25(30)19-14-24(29)28(17-19)20-5-4-6-21(15-20)33-3/h4-8,13,15,19H,9-12,14,16-17H2,1-3H3/t19-/m1/s1. The molecule has 2 amide bonds. The molecule has 2 aromatic carbocycles. The molecule has 0 bridgehead atoms. The molecule has 7 nitrogen and oxygen atoms in total. The highest BCUT2D eigenvalue weighted by Crippen LogP contribution is 2.30. The molecule has 0 unspecified atom stereocenters. The molecule has 0 spiro atoms. The Kier molecular flexibility index (Phi) is 7.45. The van der Waals surface area contributed by atoms with Crippen molar-refractivity contribution in [3.05, 3.63) is 48.0 Å². The highest BCUT2D eigenvalue weighted by molar-refractivity contribution is 7.98. The topological polar surface area (TPSA) is 62.3 Å². The third-order valence-electron chi connectivity index (χ3n) is 6.38. The summed E-state index contributed by atoms with van der Waals surface area (Å²) in [6.45, 7) is 4.23. The number of hydrogen-bond acceptors (Lipinski definition) is 6.